The molecule has 0 aliphatic heterocycles. The van der Waals surface area contributed by atoms with Crippen LogP contribution in [0.4, 0.5) is 0 Å². The van der Waals surface area contributed by atoms with Gasteiger partial charge in [0.1, 0.15) is 0 Å². The average Bonchev–Trinajstić information content (AvgIpc) is 3.54. The molecule has 1 fully saturated rings. The summed E-state index contributed by atoms with van der Waals surface area (Å²) in [6.07, 6.45) is 13.5. The highest BCUT2D eigenvalue weighted by Crippen LogP contribution is 2.41. The number of Topliss-reactive ketones (excluding diaryl/α,β-unsaturated/α-hetero) is 1. The lowest BCUT2D eigenvalue weighted by atomic mass is 9.97. The van der Waals surface area contributed by atoms with Crippen LogP contribution in [0.5, 0.6) is 0 Å². The lowest BCUT2D eigenvalue weighted by Crippen LogP contribution is -2.07. The molecule has 5 heteroatoms. The number of hydrogen-bond donors (Lipinski definition) is 1. The minimum Gasteiger partial charge on any atom is -0.768 e. The highest BCUT2D eigenvalue weighted by Gasteiger charge is 2.29. The number of carbonyl (C=O) groups is 1. The van der Waals surface area contributed by atoms with Gasteiger partial charge in [-0.15, -0.1) is 12.6 Å². The first-order chi connectivity index (χ1) is 15.3. The summed E-state index contributed by atoms with van der Waals surface area (Å²) < 4.78 is 24.6. The van der Waals surface area contributed by atoms with Crippen molar-refractivity contribution in [3.8, 4) is 0 Å². The Morgan fingerprint density at radius 2 is 2.03 bits per heavy atom. The van der Waals surface area contributed by atoms with Crippen molar-refractivity contribution in [1.82, 2.24) is 0 Å². The molecule has 1 saturated carbocycles. The fourth-order valence-electron chi connectivity index (χ4n) is 4.55. The summed E-state index contributed by atoms with van der Waals surface area (Å²) in [5.74, 6) is 0.899. The molecule has 2 aliphatic carbocycles. The molecule has 172 valence electrons. The van der Waals surface area contributed by atoms with Crippen LogP contribution in [0.15, 0.2) is 45.7 Å². The Labute approximate surface area is 200 Å². The zero-order valence-corrected chi connectivity index (χ0v) is 21.0. The van der Waals surface area contributed by atoms with Crippen molar-refractivity contribution in [1.29, 1.82) is 0 Å². The first-order valence-electron chi connectivity index (χ1n) is 11.4. The first-order valence-corrected chi connectivity index (χ1v) is 12.9. The van der Waals surface area contributed by atoms with Gasteiger partial charge in [0.2, 0.25) is 0 Å². The third-order valence-corrected chi connectivity index (χ3v) is 8.07. The van der Waals surface area contributed by atoms with E-state index in [-0.39, 0.29) is 11.7 Å². The molecule has 2 aliphatic rings. The van der Waals surface area contributed by atoms with E-state index in [1.54, 1.807) is 6.08 Å². The van der Waals surface area contributed by atoms with Crippen LogP contribution < -0.4 is 0 Å². The Morgan fingerprint density at radius 1 is 1.31 bits per heavy atom. The van der Waals surface area contributed by atoms with Crippen molar-refractivity contribution in [2.24, 2.45) is 11.8 Å². The first kappa shape index (κ1) is 24.9. The van der Waals surface area contributed by atoms with E-state index in [9.17, 15) is 13.6 Å². The number of rotatable bonds is 10. The summed E-state index contributed by atoms with van der Waals surface area (Å²) >= 11 is 2.13. The van der Waals surface area contributed by atoms with Crippen LogP contribution in [0.25, 0.3) is 12.2 Å². The van der Waals surface area contributed by atoms with E-state index >= 15 is 0 Å². The number of allylic oxidation sites excluding steroid dienone is 5. The van der Waals surface area contributed by atoms with E-state index < -0.39 is 11.1 Å². The predicted molar refractivity (Wildman–Crippen MR) is 136 cm³/mol. The Kier molecular flexibility index (Phi) is 8.54. The van der Waals surface area contributed by atoms with Gasteiger partial charge < -0.3 is 4.55 Å². The molecule has 0 heterocycles. The molecule has 1 aromatic carbocycles. The van der Waals surface area contributed by atoms with E-state index in [4.69, 9.17) is 0 Å². The monoisotopic (exact) mass is 469 g/mol. The second-order valence-electron chi connectivity index (χ2n) is 9.09. The molecule has 0 radical (unpaired) electrons. The summed E-state index contributed by atoms with van der Waals surface area (Å²) in [7, 11) is 0. The van der Waals surface area contributed by atoms with Crippen LogP contribution in [-0.2, 0) is 28.7 Å². The molecule has 0 N–H and O–H groups in total. The lowest BCUT2D eigenvalue weighted by molar-refractivity contribution is -0.115. The van der Waals surface area contributed by atoms with Crippen LogP contribution in [0.3, 0.4) is 0 Å². The minimum atomic E-state index is -2.32. The van der Waals surface area contributed by atoms with Crippen LogP contribution in [0.1, 0.15) is 75.1 Å². The van der Waals surface area contributed by atoms with E-state index in [0.29, 0.717) is 28.6 Å². The zero-order chi connectivity index (χ0) is 23.4. The molecule has 0 amide bonds. The third kappa shape index (κ3) is 5.81. The van der Waals surface area contributed by atoms with Crippen LogP contribution in [0.2, 0.25) is 0 Å². The van der Waals surface area contributed by atoms with Gasteiger partial charge >= 0.3 is 0 Å². The summed E-state index contributed by atoms with van der Waals surface area (Å²) in [5.41, 5.74) is 5.86. The van der Waals surface area contributed by atoms with E-state index in [0.717, 1.165) is 47.1 Å². The van der Waals surface area contributed by atoms with Gasteiger partial charge in [0.15, 0.2) is 5.78 Å². The lowest BCUT2D eigenvalue weighted by Gasteiger charge is -2.18. The number of ketones is 1. The summed E-state index contributed by atoms with van der Waals surface area (Å²) in [4.78, 5) is 13.6. The smallest absolute Gasteiger partial charge is 0.168 e. The molecule has 32 heavy (non-hydrogen) atoms. The number of benzene rings is 1. The Morgan fingerprint density at radius 3 is 2.62 bits per heavy atom. The molecule has 1 aromatic rings. The maximum atomic E-state index is 12.6. The highest BCUT2D eigenvalue weighted by atomic mass is 32.2. The number of fused-ring (bicyclic) bond motifs is 1. The Bertz CT molecular complexity index is 1030. The molecule has 0 saturated heterocycles. The SMILES string of the molecule is C=Cc1cc2c(c(S(=O)[O-])c1/C=C(\C)C1CC1)C[C@H](CCC(=O)/C(S)=C(\C)C/C=C\C)C2. The highest BCUT2D eigenvalue weighted by molar-refractivity contribution is 7.85. The van der Waals surface area contributed by atoms with Crippen molar-refractivity contribution < 1.29 is 13.6 Å². The fourth-order valence-corrected chi connectivity index (χ4v) is 5.52. The molecule has 3 rings (SSSR count). The Balaban J connectivity index is 1.80. The van der Waals surface area contributed by atoms with Crippen molar-refractivity contribution in [2.75, 3.05) is 0 Å². The summed E-state index contributed by atoms with van der Waals surface area (Å²) in [6, 6.07) is 2.09. The maximum absolute atomic E-state index is 12.6. The topological polar surface area (TPSA) is 57.2 Å². The molecule has 2 atom stereocenters. The Hall–Kier alpha value is -1.69. The van der Waals surface area contributed by atoms with Crippen molar-refractivity contribution in [3.05, 3.63) is 63.1 Å². The van der Waals surface area contributed by atoms with Crippen LogP contribution in [-0.4, -0.2) is 14.5 Å². The predicted octanol–water partition coefficient (Wildman–Crippen LogP) is 6.62. The van der Waals surface area contributed by atoms with Crippen LogP contribution in [0, 0.1) is 11.8 Å². The van der Waals surface area contributed by atoms with Crippen LogP contribution >= 0.6 is 12.6 Å². The van der Waals surface area contributed by atoms with Crippen molar-refractivity contribution >= 4 is 41.6 Å². The standard InChI is InChI=1S/C27H34O3S2/c1-5-7-8-17(3)26(31)25(28)12-9-19-14-22-16-20(6-2)23(13-18(4)21-10-11-21)27(32(29)30)24(22)15-19/h5-7,13,16,19,21,31H,2,8-12,14-15H2,1,3-4H3,(H,29,30)/p-1/b7-5-,18-13+,26-17-/t19-/m1/s1. The number of thiol groups is 1. The average molecular weight is 470 g/mol. The molecular formula is C27H33O3S2-. The van der Waals surface area contributed by atoms with E-state index in [2.05, 4.69) is 32.2 Å². The summed E-state index contributed by atoms with van der Waals surface area (Å²) in [6.45, 7) is 9.92. The summed E-state index contributed by atoms with van der Waals surface area (Å²) in [5, 5.41) is 0. The van der Waals surface area contributed by atoms with Gasteiger partial charge in [0, 0.05) is 16.2 Å². The molecule has 0 spiro atoms. The molecular weight excluding hydrogens is 436 g/mol. The largest absolute Gasteiger partial charge is 0.768 e. The van der Waals surface area contributed by atoms with Gasteiger partial charge in [-0.3, -0.25) is 9.00 Å². The van der Waals surface area contributed by atoms with Gasteiger partial charge in [0.25, 0.3) is 0 Å². The van der Waals surface area contributed by atoms with Gasteiger partial charge in [-0.05, 0) is 104 Å². The van der Waals surface area contributed by atoms with E-state index in [1.165, 1.54) is 18.4 Å². The number of hydrogen-bond acceptors (Lipinski definition) is 4. The maximum Gasteiger partial charge on any atom is 0.168 e. The van der Waals surface area contributed by atoms with E-state index in [1.807, 2.05) is 32.1 Å². The second kappa shape index (κ2) is 11.0. The van der Waals surface area contributed by atoms with Crippen molar-refractivity contribution in [3.63, 3.8) is 0 Å². The quantitative estimate of drug-likeness (QED) is 0.181. The number of carbonyl (C=O) groups excluding carboxylic acids is 1. The molecule has 3 nitrogen and oxygen atoms in total. The van der Waals surface area contributed by atoms with Gasteiger partial charge in [-0.2, -0.15) is 0 Å². The van der Waals surface area contributed by atoms with Crippen molar-refractivity contribution in [2.45, 2.75) is 70.6 Å². The normalized spacial score (nSPS) is 20.3. The molecule has 1 unspecified atom stereocenters. The zero-order valence-electron chi connectivity index (χ0n) is 19.3. The fraction of sp³-hybridized carbons (Fsp3) is 0.444. The molecule has 0 aromatic heterocycles. The minimum absolute atomic E-state index is 0.0642. The second-order valence-corrected chi connectivity index (χ2v) is 10.4. The van der Waals surface area contributed by atoms with Gasteiger partial charge in [-0.25, -0.2) is 0 Å². The third-order valence-electron chi connectivity index (χ3n) is 6.64. The van der Waals surface area contributed by atoms with Gasteiger partial charge in [0.05, 0.1) is 0 Å². The van der Waals surface area contributed by atoms with Gasteiger partial charge in [-0.1, -0.05) is 48.1 Å². The molecule has 0 bridgehead atoms.